The number of hydrogen-bond donors (Lipinski definition) is 1. The Morgan fingerprint density at radius 3 is 2.80 bits per heavy atom. The molecule has 2 rings (SSSR count). The highest BCUT2D eigenvalue weighted by Crippen LogP contribution is 2.29. The van der Waals surface area contributed by atoms with Gasteiger partial charge in [-0.1, -0.05) is 11.6 Å². The topological polar surface area (TPSA) is 51.2 Å². The normalized spacial score (nSPS) is 13.1. The number of furan rings is 1. The van der Waals surface area contributed by atoms with Crippen LogP contribution in [0.15, 0.2) is 27.4 Å². The van der Waals surface area contributed by atoms with Crippen LogP contribution in [0.2, 0.25) is 5.02 Å². The predicted octanol–water partition coefficient (Wildman–Crippen LogP) is 2.51. The fraction of sp³-hybridized carbons (Fsp3) is 0.222. The van der Waals surface area contributed by atoms with E-state index >= 15 is 0 Å². The number of aromatic nitrogens is 2. The standard InChI is InChI=1S/C9H8BrClN2O2/c1-13-8(5(11)4-12-13)9(14)6-2-3-7(10)15-6/h2-4,9,14H,1H3. The maximum atomic E-state index is 10.00. The van der Waals surface area contributed by atoms with E-state index in [9.17, 15) is 5.11 Å². The predicted molar refractivity (Wildman–Crippen MR) is 58.7 cm³/mol. The summed E-state index contributed by atoms with van der Waals surface area (Å²) in [5.74, 6) is 0.423. The maximum Gasteiger partial charge on any atom is 0.169 e. The van der Waals surface area contributed by atoms with Crippen LogP contribution in [-0.4, -0.2) is 14.9 Å². The van der Waals surface area contributed by atoms with Gasteiger partial charge in [-0.3, -0.25) is 4.68 Å². The highest BCUT2D eigenvalue weighted by Gasteiger charge is 2.21. The Morgan fingerprint density at radius 1 is 1.60 bits per heavy atom. The summed E-state index contributed by atoms with van der Waals surface area (Å²) in [6, 6.07) is 3.39. The molecule has 80 valence electrons. The van der Waals surface area contributed by atoms with Crippen LogP contribution in [-0.2, 0) is 7.05 Å². The number of aryl methyl sites for hydroxylation is 1. The molecule has 0 amide bonds. The molecular weight excluding hydrogens is 283 g/mol. The lowest BCUT2D eigenvalue weighted by Crippen LogP contribution is -2.06. The van der Waals surface area contributed by atoms with E-state index < -0.39 is 6.10 Å². The lowest BCUT2D eigenvalue weighted by Gasteiger charge is -2.08. The Hall–Kier alpha value is -0.780. The van der Waals surface area contributed by atoms with E-state index in [0.717, 1.165) is 0 Å². The van der Waals surface area contributed by atoms with E-state index in [2.05, 4.69) is 21.0 Å². The second-order valence-corrected chi connectivity index (χ2v) is 4.23. The first-order valence-electron chi connectivity index (χ1n) is 4.20. The molecule has 0 aliphatic carbocycles. The number of hydrogen-bond acceptors (Lipinski definition) is 3. The first kappa shape index (κ1) is 10.7. The Morgan fingerprint density at radius 2 is 2.33 bits per heavy atom. The minimum Gasteiger partial charge on any atom is -0.451 e. The van der Waals surface area contributed by atoms with Crippen molar-refractivity contribution in [1.82, 2.24) is 9.78 Å². The molecule has 1 unspecified atom stereocenters. The molecular formula is C9H8BrClN2O2. The monoisotopic (exact) mass is 290 g/mol. The molecule has 4 nitrogen and oxygen atoms in total. The van der Waals surface area contributed by atoms with Crippen molar-refractivity contribution in [2.75, 3.05) is 0 Å². The van der Waals surface area contributed by atoms with Crippen molar-refractivity contribution in [2.45, 2.75) is 6.10 Å². The lowest BCUT2D eigenvalue weighted by atomic mass is 10.2. The number of halogens is 2. The third-order valence-electron chi connectivity index (χ3n) is 2.06. The summed E-state index contributed by atoms with van der Waals surface area (Å²) in [5, 5.41) is 14.4. The van der Waals surface area contributed by atoms with Crippen LogP contribution in [0.3, 0.4) is 0 Å². The van der Waals surface area contributed by atoms with E-state index in [1.807, 2.05) is 0 Å². The molecule has 2 heterocycles. The molecule has 0 fully saturated rings. The van der Waals surface area contributed by atoms with Gasteiger partial charge in [0.1, 0.15) is 5.76 Å². The fourth-order valence-electron chi connectivity index (χ4n) is 1.34. The Bertz CT molecular complexity index is 461. The van der Waals surface area contributed by atoms with Crippen LogP contribution in [0, 0.1) is 0 Å². The van der Waals surface area contributed by atoms with Crippen LogP contribution >= 0.6 is 27.5 Å². The zero-order valence-corrected chi connectivity index (χ0v) is 10.2. The quantitative estimate of drug-likeness (QED) is 0.925. The van der Waals surface area contributed by atoms with Gasteiger partial charge in [0.2, 0.25) is 0 Å². The van der Waals surface area contributed by atoms with Gasteiger partial charge < -0.3 is 9.52 Å². The molecule has 0 radical (unpaired) electrons. The van der Waals surface area contributed by atoms with Gasteiger partial charge in [-0.2, -0.15) is 5.10 Å². The van der Waals surface area contributed by atoms with Gasteiger partial charge in [0.15, 0.2) is 10.8 Å². The Kier molecular flexibility index (Phi) is 2.86. The smallest absolute Gasteiger partial charge is 0.169 e. The van der Waals surface area contributed by atoms with Crippen LogP contribution in [0.4, 0.5) is 0 Å². The maximum absolute atomic E-state index is 10.00. The minimum atomic E-state index is -0.906. The van der Waals surface area contributed by atoms with Crippen molar-refractivity contribution in [2.24, 2.45) is 7.05 Å². The number of rotatable bonds is 2. The first-order valence-corrected chi connectivity index (χ1v) is 5.37. The summed E-state index contributed by atoms with van der Waals surface area (Å²) in [5.41, 5.74) is 0.513. The van der Waals surface area contributed by atoms with Gasteiger partial charge in [-0.25, -0.2) is 0 Å². The van der Waals surface area contributed by atoms with Crippen molar-refractivity contribution in [3.63, 3.8) is 0 Å². The van der Waals surface area contributed by atoms with Gasteiger partial charge in [0, 0.05) is 7.05 Å². The summed E-state index contributed by atoms with van der Waals surface area (Å²) in [4.78, 5) is 0. The summed E-state index contributed by atoms with van der Waals surface area (Å²) < 4.78 is 7.33. The zero-order valence-electron chi connectivity index (χ0n) is 7.82. The summed E-state index contributed by atoms with van der Waals surface area (Å²) >= 11 is 9.07. The van der Waals surface area contributed by atoms with Crippen LogP contribution < -0.4 is 0 Å². The highest BCUT2D eigenvalue weighted by molar-refractivity contribution is 9.10. The lowest BCUT2D eigenvalue weighted by molar-refractivity contribution is 0.178. The molecule has 0 saturated heterocycles. The van der Waals surface area contributed by atoms with Crippen LogP contribution in [0.5, 0.6) is 0 Å². The number of aliphatic hydroxyl groups excluding tert-OH is 1. The molecule has 0 aromatic carbocycles. The average molecular weight is 292 g/mol. The molecule has 1 N–H and O–H groups in total. The van der Waals surface area contributed by atoms with Gasteiger partial charge in [-0.15, -0.1) is 0 Å². The molecule has 6 heteroatoms. The molecule has 1 atom stereocenters. The van der Waals surface area contributed by atoms with Gasteiger partial charge in [-0.05, 0) is 28.1 Å². The molecule has 15 heavy (non-hydrogen) atoms. The molecule has 0 spiro atoms. The second kappa shape index (κ2) is 4.00. The molecule has 0 saturated carbocycles. The van der Waals surface area contributed by atoms with Crippen LogP contribution in [0.25, 0.3) is 0 Å². The van der Waals surface area contributed by atoms with Crippen LogP contribution in [0.1, 0.15) is 17.6 Å². The van der Waals surface area contributed by atoms with Gasteiger partial charge in [0.25, 0.3) is 0 Å². The van der Waals surface area contributed by atoms with E-state index in [4.69, 9.17) is 16.0 Å². The average Bonchev–Trinajstić information content (AvgIpc) is 2.73. The summed E-state index contributed by atoms with van der Waals surface area (Å²) in [6.07, 6.45) is 0.578. The number of aliphatic hydroxyl groups is 1. The van der Waals surface area contributed by atoms with Crippen molar-refractivity contribution in [1.29, 1.82) is 0 Å². The molecule has 2 aromatic rings. The SMILES string of the molecule is Cn1ncc(Cl)c1C(O)c1ccc(Br)o1. The zero-order chi connectivity index (χ0) is 11.0. The van der Waals surface area contributed by atoms with E-state index in [1.165, 1.54) is 10.9 Å². The van der Waals surface area contributed by atoms with Gasteiger partial charge in [0.05, 0.1) is 16.9 Å². The minimum absolute atomic E-state index is 0.414. The second-order valence-electron chi connectivity index (χ2n) is 3.05. The highest BCUT2D eigenvalue weighted by atomic mass is 79.9. The Balaban J connectivity index is 2.40. The van der Waals surface area contributed by atoms with Crippen molar-refractivity contribution in [3.8, 4) is 0 Å². The number of nitrogens with zero attached hydrogens (tertiary/aromatic N) is 2. The van der Waals surface area contributed by atoms with Crippen molar-refractivity contribution in [3.05, 3.63) is 39.5 Å². The molecule has 2 aromatic heterocycles. The van der Waals surface area contributed by atoms with Crippen molar-refractivity contribution < 1.29 is 9.52 Å². The molecule has 0 bridgehead atoms. The van der Waals surface area contributed by atoms with E-state index in [0.29, 0.717) is 21.1 Å². The van der Waals surface area contributed by atoms with E-state index in [1.54, 1.807) is 19.2 Å². The summed E-state index contributed by atoms with van der Waals surface area (Å²) in [7, 11) is 1.71. The third kappa shape index (κ3) is 1.95. The van der Waals surface area contributed by atoms with E-state index in [-0.39, 0.29) is 0 Å². The Labute approximate surface area is 99.6 Å². The van der Waals surface area contributed by atoms with Gasteiger partial charge >= 0.3 is 0 Å². The molecule has 0 aliphatic rings. The first-order chi connectivity index (χ1) is 7.09. The third-order valence-corrected chi connectivity index (χ3v) is 2.78. The van der Waals surface area contributed by atoms with Crippen molar-refractivity contribution >= 4 is 27.5 Å². The fourth-order valence-corrected chi connectivity index (χ4v) is 1.93. The summed E-state index contributed by atoms with van der Waals surface area (Å²) in [6.45, 7) is 0. The largest absolute Gasteiger partial charge is 0.451 e. The molecule has 0 aliphatic heterocycles.